The quantitative estimate of drug-likeness (QED) is 0.659. The lowest BCUT2D eigenvalue weighted by Crippen LogP contribution is -2.36. The van der Waals surface area contributed by atoms with Crippen molar-refractivity contribution < 1.29 is 5.11 Å². The summed E-state index contributed by atoms with van der Waals surface area (Å²) in [6.45, 7) is 1.67. The SMILES string of the molecule is Nc1ccc(N2CCC(O)CC2)nn1. The van der Waals surface area contributed by atoms with Gasteiger partial charge in [-0.15, -0.1) is 10.2 Å². The summed E-state index contributed by atoms with van der Waals surface area (Å²) in [6.07, 6.45) is 1.44. The van der Waals surface area contributed by atoms with Gasteiger partial charge in [0.2, 0.25) is 0 Å². The number of aromatic nitrogens is 2. The predicted molar refractivity (Wildman–Crippen MR) is 53.9 cm³/mol. The van der Waals surface area contributed by atoms with Gasteiger partial charge in [-0.3, -0.25) is 0 Å². The second-order valence-corrected chi connectivity index (χ2v) is 3.53. The molecule has 76 valence electrons. The van der Waals surface area contributed by atoms with Crippen LogP contribution in [0.15, 0.2) is 12.1 Å². The van der Waals surface area contributed by atoms with Crippen molar-refractivity contribution in [1.29, 1.82) is 0 Å². The van der Waals surface area contributed by atoms with E-state index in [1.54, 1.807) is 6.07 Å². The highest BCUT2D eigenvalue weighted by molar-refractivity contribution is 5.41. The summed E-state index contributed by atoms with van der Waals surface area (Å²) >= 11 is 0. The summed E-state index contributed by atoms with van der Waals surface area (Å²) in [5.41, 5.74) is 5.45. The topological polar surface area (TPSA) is 75.3 Å². The highest BCUT2D eigenvalue weighted by Gasteiger charge is 2.17. The first-order valence-corrected chi connectivity index (χ1v) is 4.78. The van der Waals surface area contributed by atoms with Crippen LogP contribution < -0.4 is 10.6 Å². The van der Waals surface area contributed by atoms with Crippen molar-refractivity contribution >= 4 is 11.6 Å². The predicted octanol–water partition coefficient (Wildman–Crippen LogP) is 0.0199. The number of nitrogen functional groups attached to an aromatic ring is 1. The molecular formula is C9H14N4O. The average Bonchev–Trinajstić information content (AvgIpc) is 2.21. The highest BCUT2D eigenvalue weighted by atomic mass is 16.3. The Hall–Kier alpha value is -1.36. The van der Waals surface area contributed by atoms with Crippen molar-refractivity contribution in [2.75, 3.05) is 23.7 Å². The standard InChI is InChI=1S/C9H14N4O/c10-8-1-2-9(12-11-8)13-5-3-7(14)4-6-13/h1-2,7,14H,3-6H2,(H2,10,11). The molecule has 0 saturated carbocycles. The Morgan fingerprint density at radius 1 is 1.29 bits per heavy atom. The minimum Gasteiger partial charge on any atom is -0.393 e. The van der Waals surface area contributed by atoms with Crippen LogP contribution in [0.2, 0.25) is 0 Å². The van der Waals surface area contributed by atoms with Crippen LogP contribution in [0, 0.1) is 0 Å². The molecule has 1 saturated heterocycles. The average molecular weight is 194 g/mol. The lowest BCUT2D eigenvalue weighted by molar-refractivity contribution is 0.145. The first kappa shape index (κ1) is 9.21. The van der Waals surface area contributed by atoms with Gasteiger partial charge < -0.3 is 15.7 Å². The molecule has 2 rings (SSSR count). The van der Waals surface area contributed by atoms with Crippen LogP contribution in [-0.2, 0) is 0 Å². The number of hydrogen-bond acceptors (Lipinski definition) is 5. The van der Waals surface area contributed by atoms with E-state index in [4.69, 9.17) is 5.73 Å². The number of piperidine rings is 1. The molecule has 3 N–H and O–H groups in total. The number of anilines is 2. The Labute approximate surface area is 82.6 Å². The number of hydrogen-bond donors (Lipinski definition) is 2. The summed E-state index contributed by atoms with van der Waals surface area (Å²) in [4.78, 5) is 2.11. The van der Waals surface area contributed by atoms with Crippen LogP contribution in [0.4, 0.5) is 11.6 Å². The van der Waals surface area contributed by atoms with Crippen molar-refractivity contribution in [1.82, 2.24) is 10.2 Å². The number of nitrogens with two attached hydrogens (primary N) is 1. The van der Waals surface area contributed by atoms with Gasteiger partial charge in [0, 0.05) is 13.1 Å². The molecule has 0 amide bonds. The minimum absolute atomic E-state index is 0.159. The minimum atomic E-state index is -0.159. The molecule has 0 spiro atoms. The smallest absolute Gasteiger partial charge is 0.151 e. The third-order valence-electron chi connectivity index (χ3n) is 2.46. The fraction of sp³-hybridized carbons (Fsp3) is 0.556. The maximum atomic E-state index is 9.34. The largest absolute Gasteiger partial charge is 0.393 e. The molecule has 1 aromatic heterocycles. The van der Waals surface area contributed by atoms with Gasteiger partial charge in [-0.1, -0.05) is 0 Å². The van der Waals surface area contributed by atoms with Gasteiger partial charge in [-0.05, 0) is 25.0 Å². The van der Waals surface area contributed by atoms with Gasteiger partial charge in [0.1, 0.15) is 5.82 Å². The molecule has 0 bridgehead atoms. The number of rotatable bonds is 1. The molecule has 1 aromatic rings. The van der Waals surface area contributed by atoms with Crippen LogP contribution in [0.25, 0.3) is 0 Å². The molecule has 2 heterocycles. The van der Waals surface area contributed by atoms with Gasteiger partial charge in [-0.2, -0.15) is 0 Å². The van der Waals surface area contributed by atoms with Crippen LogP contribution in [0.1, 0.15) is 12.8 Å². The van der Waals surface area contributed by atoms with E-state index in [2.05, 4.69) is 15.1 Å². The Bertz CT molecular complexity index is 292. The van der Waals surface area contributed by atoms with Crippen LogP contribution in [-0.4, -0.2) is 34.5 Å². The Balaban J connectivity index is 2.05. The van der Waals surface area contributed by atoms with Crippen molar-refractivity contribution in [2.24, 2.45) is 0 Å². The molecule has 0 radical (unpaired) electrons. The Morgan fingerprint density at radius 2 is 2.00 bits per heavy atom. The summed E-state index contributed by atoms with van der Waals surface area (Å²) in [7, 11) is 0. The molecule has 0 unspecified atom stereocenters. The molecule has 0 aromatic carbocycles. The molecule has 0 atom stereocenters. The summed E-state index contributed by atoms with van der Waals surface area (Å²) < 4.78 is 0. The number of nitrogens with zero attached hydrogens (tertiary/aromatic N) is 3. The highest BCUT2D eigenvalue weighted by Crippen LogP contribution is 2.17. The van der Waals surface area contributed by atoms with Gasteiger partial charge in [0.25, 0.3) is 0 Å². The van der Waals surface area contributed by atoms with Crippen molar-refractivity contribution in [3.05, 3.63) is 12.1 Å². The number of aliphatic hydroxyl groups excluding tert-OH is 1. The fourth-order valence-corrected chi connectivity index (χ4v) is 1.60. The molecule has 1 aliphatic rings. The molecule has 5 heteroatoms. The van der Waals surface area contributed by atoms with Gasteiger partial charge in [0.05, 0.1) is 6.10 Å². The number of aliphatic hydroxyl groups is 1. The van der Waals surface area contributed by atoms with E-state index >= 15 is 0 Å². The third-order valence-corrected chi connectivity index (χ3v) is 2.46. The summed E-state index contributed by atoms with van der Waals surface area (Å²) in [5, 5.41) is 17.1. The normalized spacial score (nSPS) is 18.5. The van der Waals surface area contributed by atoms with E-state index in [9.17, 15) is 5.11 Å². The lowest BCUT2D eigenvalue weighted by atomic mass is 10.1. The maximum absolute atomic E-state index is 9.34. The second kappa shape index (κ2) is 3.79. The molecular weight excluding hydrogens is 180 g/mol. The van der Waals surface area contributed by atoms with E-state index in [-0.39, 0.29) is 6.10 Å². The Kier molecular flexibility index (Phi) is 2.49. The van der Waals surface area contributed by atoms with E-state index < -0.39 is 0 Å². The molecule has 1 aliphatic heterocycles. The van der Waals surface area contributed by atoms with Crippen molar-refractivity contribution in [2.45, 2.75) is 18.9 Å². The van der Waals surface area contributed by atoms with E-state index in [0.29, 0.717) is 5.82 Å². The second-order valence-electron chi connectivity index (χ2n) is 3.53. The first-order chi connectivity index (χ1) is 6.75. The third kappa shape index (κ3) is 1.93. The van der Waals surface area contributed by atoms with E-state index in [1.807, 2.05) is 6.07 Å². The van der Waals surface area contributed by atoms with Gasteiger partial charge in [0.15, 0.2) is 5.82 Å². The molecule has 14 heavy (non-hydrogen) atoms. The molecule has 1 fully saturated rings. The first-order valence-electron chi connectivity index (χ1n) is 4.78. The zero-order valence-electron chi connectivity index (χ0n) is 7.93. The van der Waals surface area contributed by atoms with E-state index in [1.165, 1.54) is 0 Å². The maximum Gasteiger partial charge on any atom is 0.151 e. The lowest BCUT2D eigenvalue weighted by Gasteiger charge is -2.29. The molecule has 0 aliphatic carbocycles. The van der Waals surface area contributed by atoms with E-state index in [0.717, 1.165) is 31.7 Å². The van der Waals surface area contributed by atoms with Crippen LogP contribution in [0.3, 0.4) is 0 Å². The summed E-state index contributed by atoms with van der Waals surface area (Å²) in [6, 6.07) is 3.60. The summed E-state index contributed by atoms with van der Waals surface area (Å²) in [5.74, 6) is 1.27. The zero-order valence-corrected chi connectivity index (χ0v) is 7.93. The van der Waals surface area contributed by atoms with Gasteiger partial charge in [-0.25, -0.2) is 0 Å². The van der Waals surface area contributed by atoms with Crippen molar-refractivity contribution in [3.63, 3.8) is 0 Å². The van der Waals surface area contributed by atoms with Gasteiger partial charge >= 0.3 is 0 Å². The van der Waals surface area contributed by atoms with Crippen LogP contribution in [0.5, 0.6) is 0 Å². The zero-order chi connectivity index (χ0) is 9.97. The Morgan fingerprint density at radius 3 is 2.57 bits per heavy atom. The monoisotopic (exact) mass is 194 g/mol. The fourth-order valence-electron chi connectivity index (χ4n) is 1.60. The van der Waals surface area contributed by atoms with Crippen LogP contribution >= 0.6 is 0 Å². The molecule has 5 nitrogen and oxygen atoms in total. The van der Waals surface area contributed by atoms with Crippen molar-refractivity contribution in [3.8, 4) is 0 Å².